The van der Waals surface area contributed by atoms with Gasteiger partial charge in [0, 0.05) is 6.42 Å². The number of rotatable bonds is 7. The molecule has 0 radical (unpaired) electrons. The summed E-state index contributed by atoms with van der Waals surface area (Å²) in [4.78, 5) is 11.3. The van der Waals surface area contributed by atoms with Crippen LogP contribution in [0.25, 0.3) is 0 Å². The van der Waals surface area contributed by atoms with E-state index in [2.05, 4.69) is 5.32 Å². The molecule has 0 heterocycles. The van der Waals surface area contributed by atoms with Crippen LogP contribution in [0.3, 0.4) is 0 Å². The van der Waals surface area contributed by atoms with Crippen LogP contribution in [0.4, 0.5) is 4.39 Å². The number of nitrogens with one attached hydrogen (secondary N) is 1. The van der Waals surface area contributed by atoms with E-state index >= 15 is 0 Å². The van der Waals surface area contributed by atoms with E-state index in [0.717, 1.165) is 0 Å². The third kappa shape index (κ3) is 4.21. The zero-order chi connectivity index (χ0) is 14.5. The van der Waals surface area contributed by atoms with Gasteiger partial charge in [-0.2, -0.15) is 0 Å². The van der Waals surface area contributed by atoms with Crippen molar-refractivity contribution in [1.29, 1.82) is 0 Å². The fourth-order valence-electron chi connectivity index (χ4n) is 2.00. The molecular weight excluding hydrogens is 249 g/mol. The maximum Gasteiger partial charge on any atom is 0.323 e. The van der Waals surface area contributed by atoms with E-state index in [0.29, 0.717) is 6.54 Å². The molecule has 2 N–H and O–H groups in total. The maximum absolute atomic E-state index is 13.4. The van der Waals surface area contributed by atoms with E-state index < -0.39 is 23.4 Å². The third-order valence-electron chi connectivity index (χ3n) is 2.90. The van der Waals surface area contributed by atoms with Crippen molar-refractivity contribution in [3.8, 4) is 5.75 Å². The van der Waals surface area contributed by atoms with Crippen LogP contribution >= 0.6 is 0 Å². The van der Waals surface area contributed by atoms with Gasteiger partial charge in [-0.25, -0.2) is 4.39 Å². The highest BCUT2D eigenvalue weighted by molar-refractivity contribution is 5.78. The van der Waals surface area contributed by atoms with Gasteiger partial charge in [0.2, 0.25) is 0 Å². The lowest BCUT2D eigenvalue weighted by Gasteiger charge is -2.29. The fraction of sp³-hybridized carbons (Fsp3) is 0.500. The van der Waals surface area contributed by atoms with Gasteiger partial charge in [-0.1, -0.05) is 19.1 Å². The predicted octanol–water partition coefficient (Wildman–Crippen LogP) is 2.44. The van der Waals surface area contributed by atoms with Gasteiger partial charge in [0.15, 0.2) is 11.6 Å². The molecule has 0 amide bonds. The number of halogens is 1. The van der Waals surface area contributed by atoms with Crippen molar-refractivity contribution in [3.05, 3.63) is 30.1 Å². The number of benzene rings is 1. The van der Waals surface area contributed by atoms with Gasteiger partial charge in [-0.05, 0) is 32.5 Å². The number of hydrogen-bond acceptors (Lipinski definition) is 3. The van der Waals surface area contributed by atoms with E-state index in [9.17, 15) is 14.3 Å². The van der Waals surface area contributed by atoms with Crippen molar-refractivity contribution in [1.82, 2.24) is 5.32 Å². The first-order chi connectivity index (χ1) is 8.89. The molecule has 0 aliphatic heterocycles. The van der Waals surface area contributed by atoms with E-state index in [1.165, 1.54) is 12.1 Å². The Labute approximate surface area is 112 Å². The summed E-state index contributed by atoms with van der Waals surface area (Å²) in [5, 5.41) is 12.2. The number of carboxylic acids is 1. The molecule has 1 rings (SSSR count). The summed E-state index contributed by atoms with van der Waals surface area (Å²) in [6, 6.07) is 6.08. The van der Waals surface area contributed by atoms with Crippen LogP contribution in [0.15, 0.2) is 24.3 Å². The van der Waals surface area contributed by atoms with Crippen molar-refractivity contribution < 1.29 is 19.0 Å². The number of hydrogen-bond donors (Lipinski definition) is 2. The topological polar surface area (TPSA) is 58.6 Å². The van der Waals surface area contributed by atoms with Crippen molar-refractivity contribution in [3.63, 3.8) is 0 Å². The average molecular weight is 269 g/mol. The molecule has 2 unspecified atom stereocenters. The minimum absolute atomic E-state index is 0.138. The average Bonchev–Trinajstić information content (AvgIpc) is 2.32. The van der Waals surface area contributed by atoms with Gasteiger partial charge in [-0.3, -0.25) is 4.79 Å². The summed E-state index contributed by atoms with van der Waals surface area (Å²) >= 11 is 0. The second-order valence-electron chi connectivity index (χ2n) is 4.73. The molecule has 19 heavy (non-hydrogen) atoms. The minimum Gasteiger partial charge on any atom is -0.488 e. The third-order valence-corrected chi connectivity index (χ3v) is 2.90. The first-order valence-electron chi connectivity index (χ1n) is 6.28. The number of carboxylic acid groups (broad SMARTS) is 1. The zero-order valence-electron chi connectivity index (χ0n) is 11.4. The molecule has 0 spiro atoms. The summed E-state index contributed by atoms with van der Waals surface area (Å²) < 4.78 is 18.9. The van der Waals surface area contributed by atoms with Gasteiger partial charge in [-0.15, -0.1) is 0 Å². The molecule has 1 aromatic rings. The van der Waals surface area contributed by atoms with E-state index in [4.69, 9.17) is 4.74 Å². The molecular formula is C14H20FNO3. The Morgan fingerprint density at radius 1 is 1.53 bits per heavy atom. The summed E-state index contributed by atoms with van der Waals surface area (Å²) in [7, 11) is 0. The molecule has 106 valence electrons. The first-order valence-corrected chi connectivity index (χ1v) is 6.28. The van der Waals surface area contributed by atoms with Gasteiger partial charge in [0.25, 0.3) is 0 Å². The SMILES string of the molecule is CCNC(C)(CC(C)Oc1ccccc1F)C(=O)O. The largest absolute Gasteiger partial charge is 0.488 e. The van der Waals surface area contributed by atoms with Crippen LogP contribution in [0.5, 0.6) is 5.75 Å². The van der Waals surface area contributed by atoms with E-state index in [1.807, 2.05) is 6.92 Å². The van der Waals surface area contributed by atoms with Crippen molar-refractivity contribution in [2.24, 2.45) is 0 Å². The van der Waals surface area contributed by atoms with Crippen LogP contribution in [0.2, 0.25) is 0 Å². The molecule has 0 aliphatic carbocycles. The number of ether oxygens (including phenoxy) is 1. The molecule has 0 aliphatic rings. The summed E-state index contributed by atoms with van der Waals surface area (Å²) in [6.07, 6.45) is -0.179. The predicted molar refractivity (Wildman–Crippen MR) is 70.8 cm³/mol. The molecule has 0 fully saturated rings. The molecule has 4 nitrogen and oxygen atoms in total. The lowest BCUT2D eigenvalue weighted by molar-refractivity contribution is -0.145. The normalized spacial score (nSPS) is 15.6. The second-order valence-corrected chi connectivity index (χ2v) is 4.73. The van der Waals surface area contributed by atoms with Crippen LogP contribution in [-0.4, -0.2) is 29.3 Å². The Bertz CT molecular complexity index is 438. The molecule has 0 saturated carbocycles. The maximum atomic E-state index is 13.4. The molecule has 0 saturated heterocycles. The van der Waals surface area contributed by atoms with Crippen molar-refractivity contribution >= 4 is 5.97 Å². The van der Waals surface area contributed by atoms with Crippen molar-refractivity contribution in [2.75, 3.05) is 6.54 Å². The van der Waals surface area contributed by atoms with Gasteiger partial charge in [0.05, 0.1) is 6.10 Å². The Morgan fingerprint density at radius 2 is 2.16 bits per heavy atom. The van der Waals surface area contributed by atoms with E-state index in [1.54, 1.807) is 26.0 Å². The van der Waals surface area contributed by atoms with Crippen LogP contribution in [-0.2, 0) is 4.79 Å². The number of para-hydroxylation sites is 1. The van der Waals surface area contributed by atoms with Crippen molar-refractivity contribution in [2.45, 2.75) is 38.8 Å². The number of aliphatic carboxylic acids is 1. The van der Waals surface area contributed by atoms with Crippen LogP contribution in [0, 0.1) is 5.82 Å². The zero-order valence-corrected chi connectivity index (χ0v) is 11.4. The fourth-order valence-corrected chi connectivity index (χ4v) is 2.00. The highest BCUT2D eigenvalue weighted by Crippen LogP contribution is 2.21. The molecule has 5 heteroatoms. The second kappa shape index (κ2) is 6.52. The Kier molecular flexibility index (Phi) is 5.30. The Morgan fingerprint density at radius 3 is 2.68 bits per heavy atom. The van der Waals surface area contributed by atoms with Crippen LogP contribution in [0.1, 0.15) is 27.2 Å². The Hall–Kier alpha value is -1.62. The first kappa shape index (κ1) is 15.4. The number of likely N-dealkylation sites (N-methyl/N-ethyl adjacent to an activating group) is 1. The van der Waals surface area contributed by atoms with Gasteiger partial charge < -0.3 is 15.2 Å². The minimum atomic E-state index is -1.08. The smallest absolute Gasteiger partial charge is 0.323 e. The standard InChI is InChI=1S/C14H20FNO3/c1-4-16-14(3,13(17)18)9-10(2)19-12-8-6-5-7-11(12)15/h5-8,10,16H,4,9H2,1-3H3,(H,17,18). The summed E-state index contributed by atoms with van der Waals surface area (Å²) in [5.74, 6) is -1.26. The quantitative estimate of drug-likeness (QED) is 0.798. The molecule has 2 atom stereocenters. The lowest BCUT2D eigenvalue weighted by Crippen LogP contribution is -2.51. The summed E-state index contributed by atoms with van der Waals surface area (Å²) in [5.41, 5.74) is -1.08. The highest BCUT2D eigenvalue weighted by atomic mass is 19.1. The Balaban J connectivity index is 2.71. The lowest BCUT2D eigenvalue weighted by atomic mass is 9.95. The monoisotopic (exact) mass is 269 g/mol. The van der Waals surface area contributed by atoms with Gasteiger partial charge in [0.1, 0.15) is 5.54 Å². The molecule has 0 bridgehead atoms. The highest BCUT2D eigenvalue weighted by Gasteiger charge is 2.34. The summed E-state index contributed by atoms with van der Waals surface area (Å²) in [6.45, 7) is 5.70. The molecule has 0 aromatic heterocycles. The van der Waals surface area contributed by atoms with Crippen LogP contribution < -0.4 is 10.1 Å². The molecule has 1 aromatic carbocycles. The van der Waals surface area contributed by atoms with E-state index in [-0.39, 0.29) is 12.2 Å². The number of carbonyl (C=O) groups is 1. The van der Waals surface area contributed by atoms with Gasteiger partial charge >= 0.3 is 5.97 Å².